The maximum absolute atomic E-state index is 6.64. The second-order valence-electron chi connectivity index (χ2n) is 5.82. The first kappa shape index (κ1) is 13.7. The molecule has 106 valence electrons. The lowest BCUT2D eigenvalue weighted by molar-refractivity contribution is 0.427. The van der Waals surface area contributed by atoms with E-state index >= 15 is 0 Å². The zero-order chi connectivity index (χ0) is 14.3. The van der Waals surface area contributed by atoms with Gasteiger partial charge < -0.3 is 5.73 Å². The SMILES string of the molecule is CCn1nc(C)c(Cl)c1CC1(N)Cc2ccccc2C1. The number of aromatic nitrogens is 2. The highest BCUT2D eigenvalue weighted by molar-refractivity contribution is 6.31. The van der Waals surface area contributed by atoms with E-state index in [1.165, 1.54) is 11.1 Å². The molecule has 3 nitrogen and oxygen atoms in total. The molecule has 1 aromatic carbocycles. The Bertz CT molecular complexity index is 620. The summed E-state index contributed by atoms with van der Waals surface area (Å²) in [6.45, 7) is 4.86. The van der Waals surface area contributed by atoms with Gasteiger partial charge in [-0.15, -0.1) is 0 Å². The van der Waals surface area contributed by atoms with Crippen molar-refractivity contribution in [3.63, 3.8) is 0 Å². The average molecular weight is 290 g/mol. The van der Waals surface area contributed by atoms with Crippen LogP contribution in [0.3, 0.4) is 0 Å². The third-order valence-electron chi connectivity index (χ3n) is 4.18. The van der Waals surface area contributed by atoms with E-state index in [9.17, 15) is 0 Å². The van der Waals surface area contributed by atoms with Crippen LogP contribution in [0.25, 0.3) is 0 Å². The van der Waals surface area contributed by atoms with Crippen LogP contribution in [0.5, 0.6) is 0 Å². The summed E-state index contributed by atoms with van der Waals surface area (Å²) in [5.41, 5.74) is 11.1. The van der Waals surface area contributed by atoms with Crippen molar-refractivity contribution in [2.45, 2.75) is 45.2 Å². The maximum Gasteiger partial charge on any atom is 0.0847 e. The molecule has 0 saturated heterocycles. The highest BCUT2D eigenvalue weighted by Gasteiger charge is 2.35. The third kappa shape index (κ3) is 2.25. The van der Waals surface area contributed by atoms with Crippen LogP contribution in [0.4, 0.5) is 0 Å². The van der Waals surface area contributed by atoms with Gasteiger partial charge in [0, 0.05) is 18.5 Å². The Balaban J connectivity index is 1.90. The highest BCUT2D eigenvalue weighted by atomic mass is 35.5. The number of hydrogen-bond donors (Lipinski definition) is 1. The molecular weight excluding hydrogens is 270 g/mol. The molecule has 0 atom stereocenters. The predicted octanol–water partition coefficient (Wildman–Crippen LogP) is 2.90. The fourth-order valence-corrected chi connectivity index (χ4v) is 3.42. The van der Waals surface area contributed by atoms with Crippen molar-refractivity contribution in [3.05, 3.63) is 51.8 Å². The van der Waals surface area contributed by atoms with E-state index in [0.717, 1.165) is 42.2 Å². The normalized spacial score (nSPS) is 16.4. The Morgan fingerprint density at radius 2 is 1.90 bits per heavy atom. The van der Waals surface area contributed by atoms with Crippen LogP contribution < -0.4 is 5.73 Å². The standard InChI is InChI=1S/C16H20ClN3/c1-3-20-14(15(17)11(2)19-20)10-16(18)8-12-6-4-5-7-13(12)9-16/h4-7H,3,8-10,18H2,1-2H3. The molecule has 20 heavy (non-hydrogen) atoms. The highest BCUT2D eigenvalue weighted by Crippen LogP contribution is 2.33. The lowest BCUT2D eigenvalue weighted by atomic mass is 9.91. The van der Waals surface area contributed by atoms with Crippen molar-refractivity contribution < 1.29 is 0 Å². The number of hydrogen-bond acceptors (Lipinski definition) is 2. The first-order valence-corrected chi connectivity index (χ1v) is 7.47. The van der Waals surface area contributed by atoms with E-state index in [2.05, 4.69) is 36.3 Å². The first-order chi connectivity index (χ1) is 9.52. The van der Waals surface area contributed by atoms with Crippen molar-refractivity contribution in [1.29, 1.82) is 0 Å². The zero-order valence-electron chi connectivity index (χ0n) is 12.0. The van der Waals surface area contributed by atoms with Gasteiger partial charge in [-0.25, -0.2) is 0 Å². The largest absolute Gasteiger partial charge is 0.324 e. The lowest BCUT2D eigenvalue weighted by Gasteiger charge is -2.24. The van der Waals surface area contributed by atoms with Crippen molar-refractivity contribution in [1.82, 2.24) is 9.78 Å². The van der Waals surface area contributed by atoms with Crippen molar-refractivity contribution >= 4 is 11.6 Å². The molecule has 0 aliphatic heterocycles. The molecule has 3 rings (SSSR count). The number of nitrogens with two attached hydrogens (primary N) is 1. The molecule has 0 radical (unpaired) electrons. The minimum Gasteiger partial charge on any atom is -0.324 e. The summed E-state index contributed by atoms with van der Waals surface area (Å²) in [7, 11) is 0. The van der Waals surface area contributed by atoms with Crippen molar-refractivity contribution in [3.8, 4) is 0 Å². The molecule has 2 aromatic rings. The molecule has 1 aliphatic rings. The summed E-state index contributed by atoms with van der Waals surface area (Å²) in [5.74, 6) is 0. The van der Waals surface area contributed by atoms with Crippen LogP contribution in [-0.4, -0.2) is 15.3 Å². The van der Waals surface area contributed by atoms with Gasteiger partial charge in [0.2, 0.25) is 0 Å². The Hall–Kier alpha value is -1.32. The molecule has 2 N–H and O–H groups in total. The summed E-state index contributed by atoms with van der Waals surface area (Å²) in [6.07, 6.45) is 2.59. The minimum absolute atomic E-state index is 0.243. The molecule has 1 aromatic heterocycles. The summed E-state index contributed by atoms with van der Waals surface area (Å²) in [4.78, 5) is 0. The number of rotatable bonds is 3. The van der Waals surface area contributed by atoms with Crippen LogP contribution in [-0.2, 0) is 25.8 Å². The molecule has 1 heterocycles. The fourth-order valence-electron chi connectivity index (χ4n) is 3.22. The number of halogens is 1. The smallest absolute Gasteiger partial charge is 0.0847 e. The quantitative estimate of drug-likeness (QED) is 0.944. The van der Waals surface area contributed by atoms with Crippen molar-refractivity contribution in [2.75, 3.05) is 0 Å². The van der Waals surface area contributed by atoms with E-state index in [1.807, 2.05) is 11.6 Å². The van der Waals surface area contributed by atoms with E-state index in [1.54, 1.807) is 0 Å². The fraction of sp³-hybridized carbons (Fsp3) is 0.438. The van der Waals surface area contributed by atoms with Crippen LogP contribution >= 0.6 is 11.6 Å². The Morgan fingerprint density at radius 1 is 1.30 bits per heavy atom. The third-order valence-corrected chi connectivity index (χ3v) is 4.67. The minimum atomic E-state index is -0.243. The maximum atomic E-state index is 6.64. The van der Waals surface area contributed by atoms with E-state index in [4.69, 9.17) is 17.3 Å². The topological polar surface area (TPSA) is 43.8 Å². The van der Waals surface area contributed by atoms with Gasteiger partial charge in [0.15, 0.2) is 0 Å². The van der Waals surface area contributed by atoms with E-state index in [-0.39, 0.29) is 5.54 Å². The Morgan fingerprint density at radius 3 is 2.45 bits per heavy atom. The van der Waals surface area contributed by atoms with E-state index < -0.39 is 0 Å². The molecule has 0 unspecified atom stereocenters. The van der Waals surface area contributed by atoms with Gasteiger partial charge in [0.05, 0.1) is 16.4 Å². The second-order valence-corrected chi connectivity index (χ2v) is 6.20. The number of nitrogens with zero attached hydrogens (tertiary/aromatic N) is 2. The Labute approximate surface area is 124 Å². The number of benzene rings is 1. The van der Waals surface area contributed by atoms with Gasteiger partial charge in [-0.05, 0) is 37.8 Å². The number of aryl methyl sites for hydroxylation is 2. The molecule has 1 aliphatic carbocycles. The summed E-state index contributed by atoms with van der Waals surface area (Å²) < 4.78 is 1.98. The predicted molar refractivity (Wildman–Crippen MR) is 82.1 cm³/mol. The van der Waals surface area contributed by atoms with Crippen LogP contribution in [0.15, 0.2) is 24.3 Å². The molecule has 0 saturated carbocycles. The molecule has 0 spiro atoms. The zero-order valence-corrected chi connectivity index (χ0v) is 12.7. The van der Waals surface area contributed by atoms with Gasteiger partial charge in [-0.1, -0.05) is 35.9 Å². The second kappa shape index (κ2) is 4.90. The van der Waals surface area contributed by atoms with E-state index in [0.29, 0.717) is 0 Å². The number of fused-ring (bicyclic) bond motifs is 1. The van der Waals surface area contributed by atoms with Crippen LogP contribution in [0.1, 0.15) is 29.4 Å². The van der Waals surface area contributed by atoms with Gasteiger partial charge in [0.1, 0.15) is 0 Å². The van der Waals surface area contributed by atoms with Gasteiger partial charge in [0.25, 0.3) is 0 Å². The molecule has 4 heteroatoms. The first-order valence-electron chi connectivity index (χ1n) is 7.10. The molecule has 0 amide bonds. The van der Waals surface area contributed by atoms with Crippen LogP contribution in [0, 0.1) is 6.92 Å². The molecule has 0 bridgehead atoms. The van der Waals surface area contributed by atoms with Gasteiger partial charge >= 0.3 is 0 Å². The summed E-state index contributed by atoms with van der Waals surface area (Å²) in [5, 5.41) is 5.25. The average Bonchev–Trinajstić information content (AvgIpc) is 2.89. The van der Waals surface area contributed by atoms with Gasteiger partial charge in [-0.3, -0.25) is 4.68 Å². The monoisotopic (exact) mass is 289 g/mol. The summed E-state index contributed by atoms with van der Waals surface area (Å²) >= 11 is 6.41. The van der Waals surface area contributed by atoms with Crippen molar-refractivity contribution in [2.24, 2.45) is 5.73 Å². The molecule has 0 fully saturated rings. The summed E-state index contributed by atoms with van der Waals surface area (Å²) in [6, 6.07) is 8.51. The van der Waals surface area contributed by atoms with Gasteiger partial charge in [-0.2, -0.15) is 5.10 Å². The Kier molecular flexibility index (Phi) is 3.35. The van der Waals surface area contributed by atoms with Crippen LogP contribution in [0.2, 0.25) is 5.02 Å². The lowest BCUT2D eigenvalue weighted by Crippen LogP contribution is -2.43. The molecular formula is C16H20ClN3.